The predicted molar refractivity (Wildman–Crippen MR) is 105 cm³/mol. The summed E-state index contributed by atoms with van der Waals surface area (Å²) in [6.07, 6.45) is 0. The van der Waals surface area contributed by atoms with Crippen molar-refractivity contribution >= 4 is 11.8 Å². The summed E-state index contributed by atoms with van der Waals surface area (Å²) in [7, 11) is 0. The van der Waals surface area contributed by atoms with Crippen LogP contribution in [-0.2, 0) is 12.3 Å². The van der Waals surface area contributed by atoms with E-state index in [2.05, 4.69) is 31.9 Å². The number of hydrogen-bond acceptors (Lipinski definition) is 6. The first-order valence-electron chi connectivity index (χ1n) is 8.75. The number of nitrogens with zero attached hydrogens (tertiary/aromatic N) is 5. The predicted octanol–water partition coefficient (Wildman–Crippen LogP) is 4.62. The van der Waals surface area contributed by atoms with E-state index in [-0.39, 0.29) is 0 Å². The number of aromatic nitrogens is 5. The summed E-state index contributed by atoms with van der Waals surface area (Å²) in [5, 5.41) is 17.9. The summed E-state index contributed by atoms with van der Waals surface area (Å²) in [5.41, 5.74) is 3.14. The van der Waals surface area contributed by atoms with Crippen molar-refractivity contribution in [2.45, 2.75) is 31.3 Å². The van der Waals surface area contributed by atoms with Crippen LogP contribution in [0.25, 0.3) is 22.8 Å². The van der Waals surface area contributed by atoms with Crippen LogP contribution in [0, 0.1) is 6.92 Å². The van der Waals surface area contributed by atoms with Crippen molar-refractivity contribution in [2.24, 2.45) is 0 Å². The Hall–Kier alpha value is -2.93. The maximum Gasteiger partial charge on any atom is 0.247 e. The van der Waals surface area contributed by atoms with Gasteiger partial charge in [-0.25, -0.2) is 0 Å². The molecule has 0 spiro atoms. The molecule has 136 valence electrons. The van der Waals surface area contributed by atoms with Crippen molar-refractivity contribution in [3.8, 4) is 22.8 Å². The topological polar surface area (TPSA) is 69.6 Å². The molecule has 0 saturated heterocycles. The fraction of sp³-hybridized carbons (Fsp3) is 0.200. The smallest absolute Gasteiger partial charge is 0.247 e. The Morgan fingerprint density at radius 1 is 0.926 bits per heavy atom. The SMILES string of the molecule is CCn1c(SCc2nnc(-c3cccc(C)c3)o2)nnc1-c1ccccc1. The van der Waals surface area contributed by atoms with Gasteiger partial charge in [-0.15, -0.1) is 20.4 Å². The van der Waals surface area contributed by atoms with Gasteiger partial charge in [-0.3, -0.25) is 0 Å². The Kier molecular flexibility index (Phi) is 5.02. The molecule has 0 amide bonds. The number of thioether (sulfide) groups is 1. The highest BCUT2D eigenvalue weighted by molar-refractivity contribution is 7.98. The van der Waals surface area contributed by atoms with Crippen LogP contribution >= 0.6 is 11.8 Å². The second-order valence-electron chi connectivity index (χ2n) is 6.08. The zero-order valence-corrected chi connectivity index (χ0v) is 16.0. The second kappa shape index (κ2) is 7.75. The highest BCUT2D eigenvalue weighted by atomic mass is 32.2. The molecule has 0 atom stereocenters. The quantitative estimate of drug-likeness (QED) is 0.457. The molecule has 0 aliphatic heterocycles. The van der Waals surface area contributed by atoms with E-state index in [0.717, 1.165) is 34.2 Å². The molecule has 4 aromatic rings. The van der Waals surface area contributed by atoms with Crippen LogP contribution in [0.5, 0.6) is 0 Å². The highest BCUT2D eigenvalue weighted by Crippen LogP contribution is 2.27. The third-order valence-corrected chi connectivity index (χ3v) is 5.07. The normalized spacial score (nSPS) is 11.0. The minimum absolute atomic E-state index is 0.538. The maximum atomic E-state index is 5.81. The fourth-order valence-electron chi connectivity index (χ4n) is 2.81. The Labute approximate surface area is 161 Å². The van der Waals surface area contributed by atoms with Gasteiger partial charge >= 0.3 is 0 Å². The van der Waals surface area contributed by atoms with Gasteiger partial charge in [0.25, 0.3) is 0 Å². The standard InChI is InChI=1S/C20H19N5OS/c1-3-25-18(15-9-5-4-6-10-15)22-24-20(25)27-13-17-21-23-19(26-17)16-11-7-8-14(2)12-16/h4-12H,3,13H2,1-2H3. The van der Waals surface area contributed by atoms with Gasteiger partial charge < -0.3 is 8.98 Å². The van der Waals surface area contributed by atoms with E-state index in [9.17, 15) is 0 Å². The first kappa shape index (κ1) is 17.5. The minimum atomic E-state index is 0.538. The molecule has 0 aliphatic carbocycles. The Morgan fingerprint density at radius 3 is 2.52 bits per heavy atom. The van der Waals surface area contributed by atoms with Crippen LogP contribution in [0.3, 0.4) is 0 Å². The van der Waals surface area contributed by atoms with Gasteiger partial charge in [0.05, 0.1) is 5.75 Å². The average molecular weight is 377 g/mol. The van der Waals surface area contributed by atoms with Crippen LogP contribution in [-0.4, -0.2) is 25.0 Å². The van der Waals surface area contributed by atoms with Gasteiger partial charge in [-0.05, 0) is 26.0 Å². The zero-order valence-electron chi connectivity index (χ0n) is 15.2. The molecule has 6 nitrogen and oxygen atoms in total. The first-order valence-corrected chi connectivity index (χ1v) is 9.74. The fourth-order valence-corrected chi connectivity index (χ4v) is 3.65. The van der Waals surface area contributed by atoms with Crippen LogP contribution in [0.1, 0.15) is 18.4 Å². The van der Waals surface area contributed by atoms with Gasteiger partial charge in [0.15, 0.2) is 11.0 Å². The molecule has 0 bridgehead atoms. The largest absolute Gasteiger partial charge is 0.420 e. The maximum absolute atomic E-state index is 5.81. The second-order valence-corrected chi connectivity index (χ2v) is 7.02. The summed E-state index contributed by atoms with van der Waals surface area (Å²) in [4.78, 5) is 0. The molecule has 0 fully saturated rings. The summed E-state index contributed by atoms with van der Waals surface area (Å²) < 4.78 is 7.91. The van der Waals surface area contributed by atoms with Gasteiger partial charge in [0.2, 0.25) is 11.8 Å². The van der Waals surface area contributed by atoms with Crippen LogP contribution in [0.15, 0.2) is 64.2 Å². The molecular weight excluding hydrogens is 358 g/mol. The van der Waals surface area contributed by atoms with Gasteiger partial charge in [0.1, 0.15) is 0 Å². The Bertz CT molecular complexity index is 1040. The van der Waals surface area contributed by atoms with E-state index in [1.807, 2.05) is 61.5 Å². The highest BCUT2D eigenvalue weighted by Gasteiger charge is 2.15. The van der Waals surface area contributed by atoms with E-state index in [4.69, 9.17) is 4.42 Å². The van der Waals surface area contributed by atoms with E-state index in [1.54, 1.807) is 11.8 Å². The number of benzene rings is 2. The molecular formula is C20H19N5OS. The molecule has 27 heavy (non-hydrogen) atoms. The van der Waals surface area contributed by atoms with Crippen LogP contribution < -0.4 is 0 Å². The summed E-state index contributed by atoms with van der Waals surface area (Å²) in [5.74, 6) is 2.53. The molecule has 2 heterocycles. The van der Waals surface area contributed by atoms with Crippen molar-refractivity contribution in [2.75, 3.05) is 0 Å². The molecule has 4 rings (SSSR count). The van der Waals surface area contributed by atoms with Crippen molar-refractivity contribution in [3.05, 3.63) is 66.1 Å². The number of hydrogen-bond donors (Lipinski definition) is 0. The molecule has 0 radical (unpaired) electrons. The average Bonchev–Trinajstić information content (AvgIpc) is 3.34. The van der Waals surface area contributed by atoms with Crippen LogP contribution in [0.4, 0.5) is 0 Å². The molecule has 2 aromatic heterocycles. The third-order valence-electron chi connectivity index (χ3n) is 4.12. The molecule has 0 unspecified atom stereocenters. The Balaban J connectivity index is 1.51. The molecule has 0 saturated carbocycles. The van der Waals surface area contributed by atoms with Crippen molar-refractivity contribution in [1.82, 2.24) is 25.0 Å². The van der Waals surface area contributed by atoms with Crippen LogP contribution in [0.2, 0.25) is 0 Å². The third kappa shape index (κ3) is 3.78. The Morgan fingerprint density at radius 2 is 1.74 bits per heavy atom. The van der Waals surface area contributed by atoms with E-state index in [1.165, 1.54) is 0 Å². The first-order chi connectivity index (χ1) is 13.2. The minimum Gasteiger partial charge on any atom is -0.420 e. The summed E-state index contributed by atoms with van der Waals surface area (Å²) >= 11 is 1.54. The summed E-state index contributed by atoms with van der Waals surface area (Å²) in [6.45, 7) is 4.92. The number of aryl methyl sites for hydroxylation is 1. The number of rotatable bonds is 6. The van der Waals surface area contributed by atoms with E-state index < -0.39 is 0 Å². The molecule has 0 N–H and O–H groups in total. The van der Waals surface area contributed by atoms with Gasteiger partial charge in [-0.1, -0.05) is 59.8 Å². The monoisotopic (exact) mass is 377 g/mol. The van der Waals surface area contributed by atoms with Crippen molar-refractivity contribution < 1.29 is 4.42 Å². The zero-order chi connectivity index (χ0) is 18.6. The van der Waals surface area contributed by atoms with Crippen molar-refractivity contribution in [1.29, 1.82) is 0 Å². The lowest BCUT2D eigenvalue weighted by Crippen LogP contribution is -1.99. The lowest BCUT2D eigenvalue weighted by Gasteiger charge is -2.06. The van der Waals surface area contributed by atoms with E-state index >= 15 is 0 Å². The van der Waals surface area contributed by atoms with Crippen molar-refractivity contribution in [3.63, 3.8) is 0 Å². The van der Waals surface area contributed by atoms with E-state index in [0.29, 0.717) is 17.5 Å². The van der Waals surface area contributed by atoms with Gasteiger partial charge in [-0.2, -0.15) is 0 Å². The lowest BCUT2D eigenvalue weighted by molar-refractivity contribution is 0.528. The molecule has 7 heteroatoms. The lowest BCUT2D eigenvalue weighted by atomic mass is 10.1. The molecule has 0 aliphatic rings. The molecule has 2 aromatic carbocycles. The summed E-state index contributed by atoms with van der Waals surface area (Å²) in [6, 6.07) is 18.1. The van der Waals surface area contributed by atoms with Gasteiger partial charge in [0, 0.05) is 17.7 Å².